The van der Waals surface area contributed by atoms with Gasteiger partial charge < -0.3 is 14.8 Å². The molecule has 0 spiro atoms. The van der Waals surface area contributed by atoms with Gasteiger partial charge in [-0.05, 0) is 74.1 Å². The molecule has 1 aromatic carbocycles. The predicted octanol–water partition coefficient (Wildman–Crippen LogP) is 5.40. The minimum absolute atomic E-state index is 0.00893. The van der Waals surface area contributed by atoms with Crippen molar-refractivity contribution in [3.05, 3.63) is 82.9 Å². The van der Waals surface area contributed by atoms with E-state index in [0.29, 0.717) is 6.04 Å². The zero-order valence-corrected chi connectivity index (χ0v) is 17.6. The molecule has 0 radical (unpaired) electrons. The monoisotopic (exact) mass is 440 g/mol. The number of halogens is 1. The Balaban J connectivity index is 1.81. The maximum absolute atomic E-state index is 5.74. The van der Waals surface area contributed by atoms with Crippen LogP contribution in [0.4, 0.5) is 5.69 Å². The number of hydrogen-bond acceptors (Lipinski definition) is 2. The number of pyridine rings is 1. The van der Waals surface area contributed by atoms with Crippen LogP contribution in [0.15, 0.2) is 71.6 Å². The zero-order valence-electron chi connectivity index (χ0n) is 15.2. The highest BCUT2D eigenvalue weighted by atomic mass is 79.9. The Kier molecular flexibility index (Phi) is 5.02. The lowest BCUT2D eigenvalue weighted by atomic mass is 9.98. The first-order valence-electron chi connectivity index (χ1n) is 8.98. The van der Waals surface area contributed by atoms with Crippen LogP contribution in [0.5, 0.6) is 0 Å². The normalized spacial score (nSPS) is 19.6. The molecule has 0 unspecified atom stereocenters. The molecule has 6 heteroatoms. The van der Waals surface area contributed by atoms with E-state index in [1.807, 2.05) is 30.5 Å². The van der Waals surface area contributed by atoms with Crippen LogP contribution in [0.25, 0.3) is 0 Å². The highest BCUT2D eigenvalue weighted by molar-refractivity contribution is 9.10. The quantitative estimate of drug-likeness (QED) is 0.550. The predicted molar refractivity (Wildman–Crippen MR) is 117 cm³/mol. The van der Waals surface area contributed by atoms with E-state index in [0.717, 1.165) is 21.0 Å². The number of hydrogen-bond donors (Lipinski definition) is 1. The van der Waals surface area contributed by atoms with Gasteiger partial charge in [-0.15, -0.1) is 0 Å². The van der Waals surface area contributed by atoms with Gasteiger partial charge in [0.15, 0.2) is 5.11 Å². The molecule has 2 atom stereocenters. The van der Waals surface area contributed by atoms with E-state index in [1.54, 1.807) is 0 Å². The maximum atomic E-state index is 5.74. The van der Waals surface area contributed by atoms with Gasteiger partial charge in [0.05, 0.1) is 17.8 Å². The van der Waals surface area contributed by atoms with Crippen molar-refractivity contribution in [2.75, 3.05) is 4.90 Å². The molecule has 1 fully saturated rings. The van der Waals surface area contributed by atoms with E-state index in [2.05, 4.69) is 86.2 Å². The Hall–Kier alpha value is -2.18. The standard InChI is InChI=1S/C21H21BrN4S/c1-14(2)25-12-10-15(13-25)20-19(18-5-3-4-11-23-18)24-21(27)26(20)17-8-6-16(22)7-9-17/h3-14,19-20H,1-2H3,(H,24,27)/t19-,20-/m1/s1. The fourth-order valence-corrected chi connectivity index (χ4v) is 4.11. The van der Waals surface area contributed by atoms with Gasteiger partial charge >= 0.3 is 0 Å². The zero-order chi connectivity index (χ0) is 19.0. The van der Waals surface area contributed by atoms with Crippen LogP contribution in [0.3, 0.4) is 0 Å². The molecule has 138 valence electrons. The summed E-state index contributed by atoms with van der Waals surface area (Å²) < 4.78 is 3.28. The van der Waals surface area contributed by atoms with E-state index >= 15 is 0 Å². The lowest BCUT2D eigenvalue weighted by Gasteiger charge is -2.27. The highest BCUT2D eigenvalue weighted by Crippen LogP contribution is 2.41. The molecule has 0 saturated carbocycles. The van der Waals surface area contributed by atoms with Gasteiger partial charge in [-0.2, -0.15) is 0 Å². The van der Waals surface area contributed by atoms with E-state index in [4.69, 9.17) is 12.2 Å². The van der Waals surface area contributed by atoms with Gasteiger partial charge in [0.1, 0.15) is 0 Å². The minimum atomic E-state index is -0.00893. The van der Waals surface area contributed by atoms with Crippen molar-refractivity contribution in [2.45, 2.75) is 32.0 Å². The first-order chi connectivity index (χ1) is 13.0. The second kappa shape index (κ2) is 7.44. The molecular weight excluding hydrogens is 420 g/mol. The van der Waals surface area contributed by atoms with Crippen molar-refractivity contribution in [3.8, 4) is 0 Å². The Bertz CT molecular complexity index is 936. The summed E-state index contributed by atoms with van der Waals surface area (Å²) >= 11 is 9.25. The van der Waals surface area contributed by atoms with Gasteiger partial charge in [0.25, 0.3) is 0 Å². The van der Waals surface area contributed by atoms with Crippen molar-refractivity contribution in [3.63, 3.8) is 0 Å². The molecule has 3 aromatic rings. The van der Waals surface area contributed by atoms with Crippen LogP contribution in [-0.4, -0.2) is 14.7 Å². The molecule has 2 aromatic heterocycles. The molecule has 0 bridgehead atoms. The van der Waals surface area contributed by atoms with Crippen molar-refractivity contribution < 1.29 is 0 Å². The van der Waals surface area contributed by atoms with Crippen LogP contribution >= 0.6 is 28.1 Å². The molecule has 27 heavy (non-hydrogen) atoms. The van der Waals surface area contributed by atoms with Gasteiger partial charge in [0, 0.05) is 34.8 Å². The molecule has 4 nitrogen and oxygen atoms in total. The first-order valence-corrected chi connectivity index (χ1v) is 10.2. The van der Waals surface area contributed by atoms with Crippen LogP contribution in [0.1, 0.15) is 43.2 Å². The summed E-state index contributed by atoms with van der Waals surface area (Å²) in [4.78, 5) is 6.79. The number of thiocarbonyl (C=S) groups is 1. The van der Waals surface area contributed by atoms with Crippen LogP contribution < -0.4 is 10.2 Å². The van der Waals surface area contributed by atoms with E-state index in [1.165, 1.54) is 5.56 Å². The molecular formula is C21H21BrN4S. The Morgan fingerprint density at radius 2 is 1.89 bits per heavy atom. The molecule has 4 rings (SSSR count). The van der Waals surface area contributed by atoms with Gasteiger partial charge in [-0.3, -0.25) is 4.98 Å². The maximum Gasteiger partial charge on any atom is 0.174 e. The van der Waals surface area contributed by atoms with Crippen LogP contribution in [0.2, 0.25) is 0 Å². The van der Waals surface area contributed by atoms with E-state index in [-0.39, 0.29) is 12.1 Å². The number of nitrogens with one attached hydrogen (secondary N) is 1. The molecule has 1 saturated heterocycles. The third-order valence-electron chi connectivity index (χ3n) is 4.88. The Morgan fingerprint density at radius 3 is 2.52 bits per heavy atom. The summed E-state index contributed by atoms with van der Waals surface area (Å²) in [5.74, 6) is 0. The molecule has 0 amide bonds. The average Bonchev–Trinajstić information content (AvgIpc) is 3.28. The second-order valence-corrected chi connectivity index (χ2v) is 8.26. The fraction of sp³-hybridized carbons (Fsp3) is 0.238. The lowest BCUT2D eigenvalue weighted by molar-refractivity contribution is 0.560. The minimum Gasteiger partial charge on any atom is -0.351 e. The molecule has 1 aliphatic rings. The number of nitrogens with zero attached hydrogens (tertiary/aromatic N) is 3. The van der Waals surface area contributed by atoms with Crippen molar-refractivity contribution in [1.82, 2.24) is 14.9 Å². The Morgan fingerprint density at radius 1 is 1.11 bits per heavy atom. The van der Waals surface area contributed by atoms with E-state index in [9.17, 15) is 0 Å². The second-order valence-electron chi connectivity index (χ2n) is 6.96. The SMILES string of the molecule is CC(C)n1ccc([C@@H]2[C@@H](c3ccccn3)NC(=S)N2c2ccc(Br)cc2)c1. The van der Waals surface area contributed by atoms with Gasteiger partial charge in [-0.1, -0.05) is 22.0 Å². The summed E-state index contributed by atoms with van der Waals surface area (Å²) in [6.45, 7) is 4.37. The number of benzene rings is 1. The fourth-order valence-electron chi connectivity index (χ4n) is 3.50. The third-order valence-corrected chi connectivity index (χ3v) is 5.72. The lowest BCUT2D eigenvalue weighted by Crippen LogP contribution is -2.29. The van der Waals surface area contributed by atoms with Crippen molar-refractivity contribution in [1.29, 1.82) is 0 Å². The van der Waals surface area contributed by atoms with Crippen LogP contribution in [-0.2, 0) is 0 Å². The van der Waals surface area contributed by atoms with Crippen molar-refractivity contribution >= 4 is 38.9 Å². The smallest absolute Gasteiger partial charge is 0.174 e. The summed E-state index contributed by atoms with van der Waals surface area (Å²) in [5.41, 5.74) is 3.27. The molecule has 1 aliphatic heterocycles. The van der Waals surface area contributed by atoms with Crippen LogP contribution in [0, 0.1) is 0 Å². The summed E-state index contributed by atoms with van der Waals surface area (Å²) in [6.07, 6.45) is 6.18. The van der Waals surface area contributed by atoms with Crippen molar-refractivity contribution in [2.24, 2.45) is 0 Å². The molecule has 1 N–H and O–H groups in total. The summed E-state index contributed by atoms with van der Waals surface area (Å²) in [5, 5.41) is 4.21. The van der Waals surface area contributed by atoms with E-state index < -0.39 is 0 Å². The third kappa shape index (κ3) is 3.51. The number of rotatable bonds is 4. The average molecular weight is 441 g/mol. The highest BCUT2D eigenvalue weighted by Gasteiger charge is 2.41. The number of aromatic nitrogens is 2. The van der Waals surface area contributed by atoms with Gasteiger partial charge in [-0.25, -0.2) is 0 Å². The summed E-state index contributed by atoms with van der Waals surface area (Å²) in [6, 6.07) is 16.9. The largest absolute Gasteiger partial charge is 0.351 e. The number of anilines is 1. The van der Waals surface area contributed by atoms with Gasteiger partial charge in [0.2, 0.25) is 0 Å². The molecule has 3 heterocycles. The Labute approximate surface area is 173 Å². The first kappa shape index (κ1) is 18.2. The molecule has 0 aliphatic carbocycles. The summed E-state index contributed by atoms with van der Waals surface area (Å²) in [7, 11) is 0. The topological polar surface area (TPSA) is 33.1 Å².